The molecule has 1 atom stereocenters. The van der Waals surface area contributed by atoms with Gasteiger partial charge >= 0.3 is 6.09 Å². The van der Waals surface area contributed by atoms with Crippen molar-refractivity contribution in [2.24, 2.45) is 0 Å². The highest BCUT2D eigenvalue weighted by molar-refractivity contribution is 5.98. The average Bonchev–Trinajstić information content (AvgIpc) is 3.11. The Morgan fingerprint density at radius 1 is 0.706 bits per heavy atom. The maximum absolute atomic E-state index is 13.9. The molecule has 0 aliphatic carbocycles. The number of hydrogen-bond donors (Lipinski definition) is 2. The van der Waals surface area contributed by atoms with E-state index >= 15 is 0 Å². The summed E-state index contributed by atoms with van der Waals surface area (Å²) in [5.74, 6) is 1.50. The predicted octanol–water partition coefficient (Wildman–Crippen LogP) is 7.56. The Labute approximate surface area is 305 Å². The van der Waals surface area contributed by atoms with Gasteiger partial charge in [0.1, 0.15) is 35.5 Å². The monoisotopic (exact) mass is 704 g/mol. The summed E-state index contributed by atoms with van der Waals surface area (Å²) in [6.07, 6.45) is 1.29. The van der Waals surface area contributed by atoms with Crippen molar-refractivity contribution in [2.75, 3.05) is 57.8 Å². The second kappa shape index (κ2) is 21.8. The van der Waals surface area contributed by atoms with E-state index in [1.165, 1.54) is 0 Å². The number of carbonyl (C=O) groups excluding carboxylic acids is 2. The van der Waals surface area contributed by atoms with E-state index in [1.54, 1.807) is 26.8 Å². The van der Waals surface area contributed by atoms with Crippen LogP contribution in [0.4, 0.5) is 10.5 Å². The Bertz CT molecular complexity index is 1440. The maximum atomic E-state index is 13.9. The number of rotatable bonds is 22. The van der Waals surface area contributed by atoms with Crippen LogP contribution >= 0.6 is 0 Å². The zero-order valence-electron chi connectivity index (χ0n) is 31.8. The Hall–Kier alpha value is -4.28. The summed E-state index contributed by atoms with van der Waals surface area (Å²) in [6, 6.07) is 22.0. The third-order valence-corrected chi connectivity index (χ3v) is 8.38. The van der Waals surface area contributed by atoms with Gasteiger partial charge in [0.2, 0.25) is 5.91 Å². The van der Waals surface area contributed by atoms with Crippen molar-refractivity contribution in [3.8, 4) is 17.2 Å². The Kier molecular flexibility index (Phi) is 17.6. The normalized spacial score (nSPS) is 12.0. The Morgan fingerprint density at radius 3 is 1.88 bits per heavy atom. The van der Waals surface area contributed by atoms with Gasteiger partial charge in [-0.3, -0.25) is 4.79 Å². The van der Waals surface area contributed by atoms with E-state index < -0.39 is 23.6 Å². The molecule has 0 aliphatic heterocycles. The summed E-state index contributed by atoms with van der Waals surface area (Å²) in [5.41, 5.74) is 1.69. The Morgan fingerprint density at radius 2 is 1.29 bits per heavy atom. The van der Waals surface area contributed by atoms with Crippen molar-refractivity contribution in [1.82, 2.24) is 15.1 Å². The molecule has 2 amide bonds. The van der Waals surface area contributed by atoms with Crippen molar-refractivity contribution in [3.63, 3.8) is 0 Å². The van der Waals surface area contributed by atoms with Gasteiger partial charge in [0.15, 0.2) is 0 Å². The lowest BCUT2D eigenvalue weighted by Crippen LogP contribution is -2.47. The molecule has 2 N–H and O–H groups in total. The quantitative estimate of drug-likeness (QED) is 0.103. The largest absolute Gasteiger partial charge is 0.493 e. The first kappa shape index (κ1) is 41.1. The molecule has 0 heterocycles. The molecule has 3 rings (SSSR count). The summed E-state index contributed by atoms with van der Waals surface area (Å²) in [6.45, 7) is 21.3. The van der Waals surface area contributed by atoms with Gasteiger partial charge in [-0.15, -0.1) is 0 Å². The molecule has 51 heavy (non-hydrogen) atoms. The lowest BCUT2D eigenvalue weighted by Gasteiger charge is -2.24. The number of anilines is 1. The number of nitrogens with zero attached hydrogens (tertiary/aromatic N) is 2. The molecule has 0 aromatic heterocycles. The molecular weight excluding hydrogens is 644 g/mol. The van der Waals surface area contributed by atoms with Crippen LogP contribution in [0.5, 0.6) is 17.2 Å². The first-order chi connectivity index (χ1) is 24.5. The van der Waals surface area contributed by atoms with Crippen LogP contribution < -0.4 is 24.8 Å². The van der Waals surface area contributed by atoms with E-state index in [1.807, 2.05) is 66.7 Å². The van der Waals surface area contributed by atoms with Gasteiger partial charge in [-0.25, -0.2) is 4.79 Å². The van der Waals surface area contributed by atoms with Crippen molar-refractivity contribution >= 4 is 17.7 Å². The summed E-state index contributed by atoms with van der Waals surface area (Å²) in [5, 5.41) is 5.80. The number of benzene rings is 3. The van der Waals surface area contributed by atoms with Crippen LogP contribution in [0.25, 0.3) is 0 Å². The fourth-order valence-corrected chi connectivity index (χ4v) is 5.42. The minimum absolute atomic E-state index is 0.234. The third kappa shape index (κ3) is 15.7. The van der Waals surface area contributed by atoms with E-state index in [2.05, 4.69) is 48.1 Å². The highest BCUT2D eigenvalue weighted by Gasteiger charge is 2.26. The summed E-state index contributed by atoms with van der Waals surface area (Å²) >= 11 is 0. The van der Waals surface area contributed by atoms with Gasteiger partial charge in [-0.05, 0) is 95.2 Å². The predicted molar refractivity (Wildman–Crippen MR) is 205 cm³/mol. The number of ether oxygens (including phenoxy) is 4. The summed E-state index contributed by atoms with van der Waals surface area (Å²) < 4.78 is 23.8. The minimum Gasteiger partial charge on any atom is -0.493 e. The summed E-state index contributed by atoms with van der Waals surface area (Å²) in [7, 11) is 0. The van der Waals surface area contributed by atoms with Crippen molar-refractivity contribution in [3.05, 3.63) is 83.9 Å². The summed E-state index contributed by atoms with van der Waals surface area (Å²) in [4.78, 5) is 31.5. The van der Waals surface area contributed by atoms with Gasteiger partial charge in [0.05, 0.1) is 18.9 Å². The SMILES string of the molecule is CCN(CC)CCCOc1ccc(NC(=O)C(Cc2ccc(OCc3ccccc3)cc2)NC(=O)OC(C)(C)C)c(OCCCN(CC)CC)c1. The minimum atomic E-state index is -0.928. The van der Waals surface area contributed by atoms with Gasteiger partial charge in [-0.2, -0.15) is 0 Å². The molecule has 3 aromatic carbocycles. The highest BCUT2D eigenvalue weighted by Crippen LogP contribution is 2.30. The zero-order valence-corrected chi connectivity index (χ0v) is 31.8. The molecule has 0 saturated heterocycles. The molecule has 3 aromatic rings. The van der Waals surface area contributed by atoms with Gasteiger partial charge in [0, 0.05) is 25.6 Å². The molecule has 0 radical (unpaired) electrons. The zero-order chi connectivity index (χ0) is 37.1. The van der Waals surface area contributed by atoms with E-state index in [9.17, 15) is 9.59 Å². The van der Waals surface area contributed by atoms with Crippen LogP contribution in [-0.4, -0.2) is 85.9 Å². The van der Waals surface area contributed by atoms with Crippen molar-refractivity contribution in [1.29, 1.82) is 0 Å². The second-order valence-corrected chi connectivity index (χ2v) is 13.4. The topological polar surface area (TPSA) is 102 Å². The van der Waals surface area contributed by atoms with Gasteiger partial charge < -0.3 is 39.4 Å². The first-order valence-corrected chi connectivity index (χ1v) is 18.4. The van der Waals surface area contributed by atoms with Crippen molar-refractivity contribution < 1.29 is 28.5 Å². The Balaban J connectivity index is 1.76. The molecule has 0 spiro atoms. The molecule has 0 bridgehead atoms. The van der Waals surface area contributed by atoms with Crippen LogP contribution in [0.3, 0.4) is 0 Å². The number of nitrogens with one attached hydrogen (secondary N) is 2. The molecule has 0 aliphatic rings. The molecular formula is C41H60N4O6. The lowest BCUT2D eigenvalue weighted by molar-refractivity contribution is -0.118. The molecule has 0 fully saturated rings. The third-order valence-electron chi connectivity index (χ3n) is 8.38. The molecule has 1 unspecified atom stereocenters. The second-order valence-electron chi connectivity index (χ2n) is 13.4. The van der Waals surface area contributed by atoms with E-state index in [-0.39, 0.29) is 6.42 Å². The van der Waals surface area contributed by atoms with E-state index in [0.29, 0.717) is 42.8 Å². The van der Waals surface area contributed by atoms with Gasteiger partial charge in [-0.1, -0.05) is 70.2 Å². The van der Waals surface area contributed by atoms with Crippen LogP contribution in [0.15, 0.2) is 72.8 Å². The molecule has 10 nitrogen and oxygen atoms in total. The highest BCUT2D eigenvalue weighted by atomic mass is 16.6. The number of alkyl carbamates (subject to hydrolysis) is 1. The average molecular weight is 705 g/mol. The van der Waals surface area contributed by atoms with Crippen molar-refractivity contribution in [2.45, 2.75) is 86.0 Å². The van der Waals surface area contributed by atoms with E-state index in [0.717, 1.165) is 63.2 Å². The molecule has 0 saturated carbocycles. The van der Waals surface area contributed by atoms with Crippen LogP contribution in [-0.2, 0) is 22.6 Å². The first-order valence-electron chi connectivity index (χ1n) is 18.4. The van der Waals surface area contributed by atoms with E-state index in [4.69, 9.17) is 18.9 Å². The standard InChI is InChI=1S/C41H60N4O6/c1-8-44(9-2)25-15-27-48-35-23-24-36(38(30-35)49-28-16-26-45(10-3)11-4)42-39(46)37(43-40(47)51-41(5,6)7)29-32-19-21-34(22-20-32)50-31-33-17-13-12-14-18-33/h12-14,17-24,30,37H,8-11,15-16,25-29,31H2,1-7H3,(H,42,46)(H,43,47). The van der Waals surface area contributed by atoms with Crippen LogP contribution in [0.2, 0.25) is 0 Å². The number of hydrogen-bond acceptors (Lipinski definition) is 8. The molecule has 280 valence electrons. The fraction of sp³-hybridized carbons (Fsp3) is 0.512. The van der Waals surface area contributed by atoms with Crippen LogP contribution in [0.1, 0.15) is 72.4 Å². The maximum Gasteiger partial charge on any atom is 0.408 e. The lowest BCUT2D eigenvalue weighted by atomic mass is 10.0. The molecule has 10 heteroatoms. The fourth-order valence-electron chi connectivity index (χ4n) is 5.42. The van der Waals surface area contributed by atoms with Crippen LogP contribution in [0, 0.1) is 0 Å². The smallest absolute Gasteiger partial charge is 0.408 e. The number of carbonyl (C=O) groups is 2. The van der Waals surface area contributed by atoms with Gasteiger partial charge in [0.25, 0.3) is 0 Å². The number of amides is 2.